The van der Waals surface area contributed by atoms with Crippen LogP contribution in [0.25, 0.3) is 0 Å². The van der Waals surface area contributed by atoms with Crippen LogP contribution in [0.5, 0.6) is 11.5 Å². The Morgan fingerprint density at radius 3 is 2.64 bits per heavy atom. The van der Waals surface area contributed by atoms with Crippen molar-refractivity contribution in [1.29, 1.82) is 5.26 Å². The van der Waals surface area contributed by atoms with E-state index in [4.69, 9.17) is 4.74 Å². The molecule has 0 aliphatic rings. The lowest BCUT2D eigenvalue weighted by molar-refractivity contribution is -0.137. The molecule has 0 aliphatic carbocycles. The number of ether oxygens (including phenoxy) is 1. The maximum atomic E-state index is 12.8. The molecular formula is C20H14F3N3O2. The smallest absolute Gasteiger partial charge is 0.416 e. The van der Waals surface area contributed by atoms with E-state index in [1.807, 2.05) is 6.07 Å². The summed E-state index contributed by atoms with van der Waals surface area (Å²) in [5.74, 6) is 0.163. The Kier molecular flexibility index (Phi) is 5.45. The van der Waals surface area contributed by atoms with Gasteiger partial charge in [-0.15, -0.1) is 0 Å². The summed E-state index contributed by atoms with van der Waals surface area (Å²) in [6.45, 7) is 0. The van der Waals surface area contributed by atoms with Crippen molar-refractivity contribution >= 4 is 0 Å². The van der Waals surface area contributed by atoms with Crippen molar-refractivity contribution in [3.05, 3.63) is 87.6 Å². The molecular weight excluding hydrogens is 371 g/mol. The monoisotopic (exact) mass is 385 g/mol. The third-order valence-electron chi connectivity index (χ3n) is 3.97. The summed E-state index contributed by atoms with van der Waals surface area (Å²) >= 11 is 0. The third-order valence-corrected chi connectivity index (χ3v) is 3.97. The summed E-state index contributed by atoms with van der Waals surface area (Å²) in [7, 11) is 0. The Hall–Kier alpha value is -3.60. The van der Waals surface area contributed by atoms with Crippen molar-refractivity contribution in [3.63, 3.8) is 0 Å². The highest BCUT2D eigenvalue weighted by Gasteiger charge is 2.30. The maximum absolute atomic E-state index is 12.8. The van der Waals surface area contributed by atoms with Gasteiger partial charge < -0.3 is 9.72 Å². The Morgan fingerprint density at radius 2 is 1.93 bits per heavy atom. The minimum Gasteiger partial charge on any atom is -0.456 e. The Bertz CT molecular complexity index is 1080. The average molecular weight is 385 g/mol. The van der Waals surface area contributed by atoms with E-state index >= 15 is 0 Å². The number of aromatic amines is 1. The summed E-state index contributed by atoms with van der Waals surface area (Å²) in [5, 5.41) is 9.36. The van der Waals surface area contributed by atoms with Crippen molar-refractivity contribution in [2.24, 2.45) is 0 Å². The van der Waals surface area contributed by atoms with Gasteiger partial charge in [0.25, 0.3) is 0 Å². The SMILES string of the molecule is N#Cc1cc(CCc2ccnc(=O)[nH]2)ccc1Oc1cccc(C(F)(F)F)c1. The van der Waals surface area contributed by atoms with Crippen LogP contribution < -0.4 is 10.4 Å². The summed E-state index contributed by atoms with van der Waals surface area (Å²) in [6.07, 6.45) is -1.97. The molecule has 5 nitrogen and oxygen atoms in total. The van der Waals surface area contributed by atoms with E-state index < -0.39 is 17.4 Å². The van der Waals surface area contributed by atoms with E-state index in [2.05, 4.69) is 9.97 Å². The van der Waals surface area contributed by atoms with Crippen LogP contribution >= 0.6 is 0 Å². The summed E-state index contributed by atoms with van der Waals surface area (Å²) in [4.78, 5) is 17.4. The Morgan fingerprint density at radius 1 is 1.11 bits per heavy atom. The third kappa shape index (κ3) is 4.76. The lowest BCUT2D eigenvalue weighted by Gasteiger charge is -2.11. The fraction of sp³-hybridized carbons (Fsp3) is 0.150. The minimum absolute atomic E-state index is 0.00608. The fourth-order valence-corrected chi connectivity index (χ4v) is 2.60. The number of H-pyrrole nitrogens is 1. The van der Waals surface area contributed by atoms with Crippen molar-refractivity contribution in [3.8, 4) is 17.6 Å². The summed E-state index contributed by atoms with van der Waals surface area (Å²) in [6, 6.07) is 13.0. The Balaban J connectivity index is 1.77. The number of rotatable bonds is 5. The molecule has 0 spiro atoms. The number of hydrogen-bond acceptors (Lipinski definition) is 4. The first kappa shape index (κ1) is 19.2. The number of hydrogen-bond donors (Lipinski definition) is 1. The van der Waals surface area contributed by atoms with E-state index in [1.54, 1.807) is 24.3 Å². The lowest BCUT2D eigenvalue weighted by Crippen LogP contribution is -2.11. The molecule has 0 saturated carbocycles. The molecule has 3 rings (SSSR count). The quantitative estimate of drug-likeness (QED) is 0.713. The van der Waals surface area contributed by atoms with Crippen LogP contribution in [0.15, 0.2) is 59.5 Å². The van der Waals surface area contributed by atoms with Gasteiger partial charge in [-0.25, -0.2) is 9.78 Å². The topological polar surface area (TPSA) is 78.8 Å². The molecule has 0 fully saturated rings. The van der Waals surface area contributed by atoms with E-state index in [1.165, 1.54) is 18.3 Å². The largest absolute Gasteiger partial charge is 0.456 e. The van der Waals surface area contributed by atoms with Gasteiger partial charge in [-0.3, -0.25) is 0 Å². The molecule has 0 bridgehead atoms. The normalized spacial score (nSPS) is 11.1. The van der Waals surface area contributed by atoms with E-state index in [0.29, 0.717) is 18.5 Å². The second kappa shape index (κ2) is 7.96. The lowest BCUT2D eigenvalue weighted by atomic mass is 10.0. The molecule has 0 atom stereocenters. The molecule has 0 aliphatic heterocycles. The molecule has 28 heavy (non-hydrogen) atoms. The van der Waals surface area contributed by atoms with Crippen LogP contribution in [0.1, 0.15) is 22.4 Å². The van der Waals surface area contributed by atoms with Crippen LogP contribution in [0.2, 0.25) is 0 Å². The zero-order valence-electron chi connectivity index (χ0n) is 14.5. The predicted octanol–water partition coefficient (Wildman–Crippen LogP) is 4.24. The minimum atomic E-state index is -4.48. The maximum Gasteiger partial charge on any atom is 0.416 e. The number of nitrogens with zero attached hydrogens (tertiary/aromatic N) is 2. The second-order valence-electron chi connectivity index (χ2n) is 5.97. The van der Waals surface area contributed by atoms with Gasteiger partial charge >= 0.3 is 11.9 Å². The molecule has 0 saturated heterocycles. The molecule has 1 N–H and O–H groups in total. The zero-order valence-corrected chi connectivity index (χ0v) is 14.5. The van der Waals surface area contributed by atoms with Gasteiger partial charge in [-0.2, -0.15) is 18.4 Å². The van der Waals surface area contributed by atoms with E-state index in [9.17, 15) is 23.2 Å². The molecule has 0 amide bonds. The standard InChI is InChI=1S/C20H14F3N3O2/c21-20(22,23)15-2-1-3-17(11-15)28-18-7-5-13(10-14(18)12-24)4-6-16-8-9-25-19(27)26-16/h1-3,5,7-11H,4,6H2,(H,25,26,27). The molecule has 2 aromatic carbocycles. The number of benzene rings is 2. The van der Waals surface area contributed by atoms with E-state index in [0.717, 1.165) is 17.7 Å². The number of aromatic nitrogens is 2. The van der Waals surface area contributed by atoms with Crippen LogP contribution in [-0.4, -0.2) is 9.97 Å². The van der Waals surface area contributed by atoms with Gasteiger partial charge in [0.05, 0.1) is 11.1 Å². The van der Waals surface area contributed by atoms with Gasteiger partial charge in [0.1, 0.15) is 17.6 Å². The molecule has 8 heteroatoms. The highest BCUT2D eigenvalue weighted by atomic mass is 19.4. The van der Waals surface area contributed by atoms with Crippen molar-refractivity contribution in [2.45, 2.75) is 19.0 Å². The van der Waals surface area contributed by atoms with Crippen LogP contribution in [0.3, 0.4) is 0 Å². The first-order chi connectivity index (χ1) is 13.3. The number of nitriles is 1. The highest BCUT2D eigenvalue weighted by Crippen LogP contribution is 2.33. The van der Waals surface area contributed by atoms with Gasteiger partial charge in [0.2, 0.25) is 0 Å². The molecule has 1 heterocycles. The van der Waals surface area contributed by atoms with Crippen LogP contribution in [0, 0.1) is 11.3 Å². The summed E-state index contributed by atoms with van der Waals surface area (Å²) < 4.78 is 44.0. The highest BCUT2D eigenvalue weighted by molar-refractivity contribution is 5.48. The predicted molar refractivity (Wildman–Crippen MR) is 94.9 cm³/mol. The number of nitrogens with one attached hydrogen (secondary N) is 1. The molecule has 1 aromatic heterocycles. The van der Waals surface area contributed by atoms with E-state index in [-0.39, 0.29) is 17.1 Å². The van der Waals surface area contributed by atoms with Crippen LogP contribution in [0.4, 0.5) is 13.2 Å². The summed E-state index contributed by atoms with van der Waals surface area (Å²) in [5.41, 5.74) is 0.484. The first-order valence-corrected chi connectivity index (χ1v) is 8.27. The van der Waals surface area contributed by atoms with Gasteiger partial charge in [0.15, 0.2) is 0 Å². The van der Waals surface area contributed by atoms with Gasteiger partial charge in [-0.05, 0) is 54.8 Å². The van der Waals surface area contributed by atoms with Gasteiger partial charge in [0, 0.05) is 11.9 Å². The Labute approximate surface area is 158 Å². The number of aryl methyl sites for hydroxylation is 2. The van der Waals surface area contributed by atoms with Crippen molar-refractivity contribution in [2.75, 3.05) is 0 Å². The zero-order chi connectivity index (χ0) is 20.1. The number of alkyl halides is 3. The average Bonchev–Trinajstić information content (AvgIpc) is 2.67. The van der Waals surface area contributed by atoms with Crippen LogP contribution in [-0.2, 0) is 19.0 Å². The molecule has 3 aromatic rings. The van der Waals surface area contributed by atoms with Crippen molar-refractivity contribution < 1.29 is 17.9 Å². The molecule has 0 unspecified atom stereocenters. The van der Waals surface area contributed by atoms with Gasteiger partial charge in [-0.1, -0.05) is 12.1 Å². The number of halogens is 3. The first-order valence-electron chi connectivity index (χ1n) is 8.27. The van der Waals surface area contributed by atoms with Crippen molar-refractivity contribution in [1.82, 2.24) is 9.97 Å². The second-order valence-corrected chi connectivity index (χ2v) is 5.97. The molecule has 0 radical (unpaired) electrons. The fourth-order valence-electron chi connectivity index (χ4n) is 2.60. The molecule has 142 valence electrons.